The lowest BCUT2D eigenvalue weighted by Crippen LogP contribution is -2.49. The number of carbonyl (C=O) groups excluding carboxylic acids is 1. The van der Waals surface area contributed by atoms with Crippen molar-refractivity contribution in [2.24, 2.45) is 5.92 Å². The van der Waals surface area contributed by atoms with E-state index in [-0.39, 0.29) is 29.1 Å². The van der Waals surface area contributed by atoms with E-state index in [1.807, 2.05) is 17.0 Å². The summed E-state index contributed by atoms with van der Waals surface area (Å²) >= 11 is 0. The lowest BCUT2D eigenvalue weighted by atomic mass is 9.82. The number of hydrogen-bond acceptors (Lipinski definition) is 4. The predicted octanol–water partition coefficient (Wildman–Crippen LogP) is 4.55. The maximum atomic E-state index is 13.3. The number of carbonyl (C=O) groups is 1. The minimum absolute atomic E-state index is 0.00847. The second-order valence-electron chi connectivity index (χ2n) is 8.86. The zero-order chi connectivity index (χ0) is 24.7. The number of halogens is 3. The maximum absolute atomic E-state index is 13.3. The Morgan fingerprint density at radius 1 is 0.971 bits per heavy atom. The van der Waals surface area contributed by atoms with Gasteiger partial charge in [0.05, 0.1) is 11.6 Å². The van der Waals surface area contributed by atoms with Crippen LogP contribution in [-0.2, 0) is 6.54 Å². The van der Waals surface area contributed by atoms with Crippen LogP contribution in [0.1, 0.15) is 34.0 Å². The molecule has 3 aromatic rings. The predicted molar refractivity (Wildman–Crippen MR) is 121 cm³/mol. The summed E-state index contributed by atoms with van der Waals surface area (Å²) in [5.74, 6) is -0.327. The van der Waals surface area contributed by atoms with E-state index in [0.29, 0.717) is 41.9 Å². The van der Waals surface area contributed by atoms with Crippen molar-refractivity contribution in [1.29, 1.82) is 5.26 Å². The van der Waals surface area contributed by atoms with Crippen LogP contribution in [0.3, 0.4) is 0 Å². The molecular weight excluding hydrogens is 459 g/mol. The van der Waals surface area contributed by atoms with Crippen molar-refractivity contribution in [3.63, 3.8) is 0 Å². The Morgan fingerprint density at radius 2 is 1.69 bits per heavy atom. The number of ether oxygens (including phenoxy) is 1. The zero-order valence-corrected chi connectivity index (χ0v) is 18.5. The van der Waals surface area contributed by atoms with Gasteiger partial charge in [-0.3, -0.25) is 9.59 Å². The second kappa shape index (κ2) is 8.62. The minimum atomic E-state index is -4.78. The highest BCUT2D eigenvalue weighted by Gasteiger charge is 2.37. The number of hydrogen-bond donors (Lipinski definition) is 0. The van der Waals surface area contributed by atoms with E-state index in [4.69, 9.17) is 5.26 Å². The van der Waals surface area contributed by atoms with Gasteiger partial charge in [-0.25, -0.2) is 0 Å². The average Bonchev–Trinajstić information content (AvgIpc) is 2.84. The van der Waals surface area contributed by atoms with Crippen LogP contribution < -0.4 is 10.3 Å². The van der Waals surface area contributed by atoms with Gasteiger partial charge in [0, 0.05) is 42.4 Å². The lowest BCUT2D eigenvalue weighted by molar-refractivity contribution is -0.274. The monoisotopic (exact) mass is 479 g/mol. The molecule has 0 spiro atoms. The molecule has 0 N–H and O–H groups in total. The smallest absolute Gasteiger partial charge is 0.406 e. The van der Waals surface area contributed by atoms with Crippen molar-refractivity contribution in [2.75, 3.05) is 13.1 Å². The van der Waals surface area contributed by atoms with Crippen LogP contribution in [-0.4, -0.2) is 34.8 Å². The van der Waals surface area contributed by atoms with E-state index < -0.39 is 6.36 Å². The summed E-state index contributed by atoms with van der Waals surface area (Å²) in [5.41, 5.74) is 2.57. The SMILES string of the molecule is N#Cc1ccc(C(=O)N2C[C@H]3C[C@H](C2)c2ccc(-c4ccc(OC(F)(F)F)cc4)c(=O)n2C3)cc1. The second-order valence-corrected chi connectivity index (χ2v) is 8.86. The Morgan fingerprint density at radius 3 is 2.34 bits per heavy atom. The molecule has 1 fully saturated rings. The Kier molecular flexibility index (Phi) is 5.59. The highest BCUT2D eigenvalue weighted by Crippen LogP contribution is 2.36. The van der Waals surface area contributed by atoms with Crippen LogP contribution in [0.4, 0.5) is 13.2 Å². The molecule has 0 saturated carbocycles. The van der Waals surface area contributed by atoms with Gasteiger partial charge < -0.3 is 14.2 Å². The number of alkyl halides is 3. The van der Waals surface area contributed by atoms with Gasteiger partial charge in [0.2, 0.25) is 0 Å². The first-order valence-corrected chi connectivity index (χ1v) is 11.1. The molecule has 1 saturated heterocycles. The Bertz CT molecular complexity index is 1370. The van der Waals surface area contributed by atoms with E-state index in [9.17, 15) is 22.8 Å². The van der Waals surface area contributed by atoms with Gasteiger partial charge in [0.1, 0.15) is 5.75 Å². The van der Waals surface area contributed by atoms with Gasteiger partial charge in [-0.15, -0.1) is 13.2 Å². The normalized spacial score (nSPS) is 19.0. The Balaban J connectivity index is 1.38. The van der Waals surface area contributed by atoms with Crippen molar-refractivity contribution in [3.8, 4) is 22.9 Å². The molecule has 2 atom stereocenters. The summed E-state index contributed by atoms with van der Waals surface area (Å²) in [7, 11) is 0. The van der Waals surface area contributed by atoms with Gasteiger partial charge >= 0.3 is 6.36 Å². The number of fused-ring (bicyclic) bond motifs is 4. The van der Waals surface area contributed by atoms with E-state index in [1.165, 1.54) is 24.3 Å². The van der Waals surface area contributed by atoms with Gasteiger partial charge in [0.15, 0.2) is 0 Å². The first kappa shape index (κ1) is 22.7. The number of nitriles is 1. The number of piperidine rings is 1. The molecule has 0 unspecified atom stereocenters. The van der Waals surface area contributed by atoms with Crippen molar-refractivity contribution >= 4 is 5.91 Å². The number of benzene rings is 2. The Hall–Kier alpha value is -4.06. The van der Waals surface area contributed by atoms with Crippen LogP contribution in [0, 0.1) is 17.2 Å². The summed E-state index contributed by atoms with van der Waals surface area (Å²) in [5, 5.41) is 8.97. The summed E-state index contributed by atoms with van der Waals surface area (Å²) in [6.07, 6.45) is -3.90. The van der Waals surface area contributed by atoms with Crippen LogP contribution in [0.25, 0.3) is 11.1 Å². The van der Waals surface area contributed by atoms with Gasteiger partial charge in [-0.2, -0.15) is 5.26 Å². The number of likely N-dealkylation sites (tertiary alicyclic amines) is 1. The molecule has 0 aliphatic carbocycles. The molecule has 6 nitrogen and oxygen atoms in total. The standard InChI is InChI=1S/C26H20F3N3O3/c27-26(28,29)35-21-7-5-18(6-8-21)22-9-10-23-20-11-17(14-32(23)25(22)34)13-31(15-20)24(33)19-3-1-16(12-30)2-4-19/h1-10,17,20H,11,13-15H2/t17-,20-/m1/s1. The van der Waals surface area contributed by atoms with Crippen LogP contribution in [0.15, 0.2) is 65.5 Å². The number of pyridine rings is 1. The summed E-state index contributed by atoms with van der Waals surface area (Å²) in [4.78, 5) is 28.2. The van der Waals surface area contributed by atoms with Crippen LogP contribution >= 0.6 is 0 Å². The van der Waals surface area contributed by atoms with Crippen LogP contribution in [0.2, 0.25) is 0 Å². The van der Waals surface area contributed by atoms with E-state index in [2.05, 4.69) is 4.74 Å². The van der Waals surface area contributed by atoms with Crippen molar-refractivity contribution in [2.45, 2.75) is 25.2 Å². The first-order chi connectivity index (χ1) is 16.7. The fourth-order valence-electron chi connectivity index (χ4n) is 5.04. The van der Waals surface area contributed by atoms with Gasteiger partial charge in [-0.1, -0.05) is 12.1 Å². The summed E-state index contributed by atoms with van der Waals surface area (Å²) in [6, 6.07) is 17.4. The topological polar surface area (TPSA) is 75.3 Å². The highest BCUT2D eigenvalue weighted by molar-refractivity contribution is 5.94. The quantitative estimate of drug-likeness (QED) is 0.553. The number of amides is 1. The molecule has 5 rings (SSSR count). The molecule has 35 heavy (non-hydrogen) atoms. The Labute approximate surface area is 198 Å². The highest BCUT2D eigenvalue weighted by atomic mass is 19.4. The maximum Gasteiger partial charge on any atom is 0.573 e. The minimum Gasteiger partial charge on any atom is -0.406 e. The largest absolute Gasteiger partial charge is 0.573 e. The van der Waals surface area contributed by atoms with E-state index >= 15 is 0 Å². The fourth-order valence-corrected chi connectivity index (χ4v) is 5.04. The van der Waals surface area contributed by atoms with E-state index in [0.717, 1.165) is 12.1 Å². The summed E-state index contributed by atoms with van der Waals surface area (Å²) < 4.78 is 42.9. The third kappa shape index (κ3) is 4.52. The van der Waals surface area contributed by atoms with Gasteiger partial charge in [-0.05, 0) is 66.4 Å². The fraction of sp³-hybridized carbons (Fsp3) is 0.269. The molecule has 178 valence electrons. The molecule has 1 aromatic heterocycles. The van der Waals surface area contributed by atoms with Crippen molar-refractivity contribution in [3.05, 3.63) is 87.8 Å². The number of rotatable bonds is 3. The average molecular weight is 479 g/mol. The number of nitrogens with zero attached hydrogens (tertiary/aromatic N) is 3. The van der Waals surface area contributed by atoms with Crippen molar-refractivity contribution < 1.29 is 22.7 Å². The van der Waals surface area contributed by atoms with Gasteiger partial charge in [0.25, 0.3) is 11.5 Å². The zero-order valence-electron chi connectivity index (χ0n) is 18.5. The van der Waals surface area contributed by atoms with E-state index in [1.54, 1.807) is 34.9 Å². The molecule has 2 aliphatic heterocycles. The molecule has 0 radical (unpaired) electrons. The van der Waals surface area contributed by atoms with Crippen LogP contribution in [0.5, 0.6) is 5.75 Å². The molecule has 9 heteroatoms. The molecule has 1 amide bonds. The molecule has 3 heterocycles. The molecule has 2 aliphatic rings. The molecular formula is C26H20F3N3O3. The molecule has 2 aromatic carbocycles. The third-order valence-electron chi connectivity index (χ3n) is 6.55. The van der Waals surface area contributed by atoms with Crippen molar-refractivity contribution in [1.82, 2.24) is 9.47 Å². The summed E-state index contributed by atoms with van der Waals surface area (Å²) in [6.45, 7) is 1.47. The first-order valence-electron chi connectivity index (χ1n) is 11.1. The lowest BCUT2D eigenvalue weighted by Gasteiger charge is -2.43. The third-order valence-corrected chi connectivity index (χ3v) is 6.55. The number of aromatic nitrogens is 1. The molecule has 2 bridgehead atoms.